The molecule has 1 unspecified atom stereocenters. The quantitative estimate of drug-likeness (QED) is 0.879. The minimum atomic E-state index is -0.830. The average molecular weight is 359 g/mol. The molecule has 1 saturated heterocycles. The molecule has 0 bridgehead atoms. The maximum Gasteiger partial charge on any atom is 0.317 e. The number of benzene rings is 1. The first kappa shape index (κ1) is 17.4. The third kappa shape index (κ3) is 4.17. The van der Waals surface area contributed by atoms with Gasteiger partial charge in [0.1, 0.15) is 5.01 Å². The van der Waals surface area contributed by atoms with Crippen LogP contribution in [-0.2, 0) is 11.3 Å². The molecule has 7 heteroatoms. The summed E-state index contributed by atoms with van der Waals surface area (Å²) in [6.07, 6.45) is 1.36. The molecule has 132 valence electrons. The minimum Gasteiger partial charge on any atom is -0.481 e. The Kier molecular flexibility index (Phi) is 5.33. The Labute approximate surface area is 150 Å². The zero-order valence-corrected chi connectivity index (χ0v) is 14.9. The molecule has 0 spiro atoms. The number of hydrogen-bond acceptors (Lipinski definition) is 4. The van der Waals surface area contributed by atoms with Gasteiger partial charge in [0.05, 0.1) is 18.2 Å². The fourth-order valence-corrected chi connectivity index (χ4v) is 3.93. The summed E-state index contributed by atoms with van der Waals surface area (Å²) in [5.41, 5.74) is 1.97. The van der Waals surface area contributed by atoms with Crippen molar-refractivity contribution in [3.8, 4) is 10.6 Å². The highest BCUT2D eigenvalue weighted by molar-refractivity contribution is 7.15. The number of carbonyl (C=O) groups is 2. The summed E-state index contributed by atoms with van der Waals surface area (Å²) >= 11 is 1.57. The molecule has 2 amide bonds. The van der Waals surface area contributed by atoms with Gasteiger partial charge < -0.3 is 15.3 Å². The van der Waals surface area contributed by atoms with E-state index in [-0.39, 0.29) is 12.6 Å². The maximum absolute atomic E-state index is 12.3. The molecule has 1 aromatic heterocycles. The van der Waals surface area contributed by atoms with Crippen molar-refractivity contribution >= 4 is 23.3 Å². The first-order valence-electron chi connectivity index (χ1n) is 8.32. The molecule has 2 N–H and O–H groups in total. The summed E-state index contributed by atoms with van der Waals surface area (Å²) in [5.74, 6) is -1.29. The fraction of sp³-hybridized carbons (Fsp3) is 0.389. The van der Waals surface area contributed by atoms with E-state index >= 15 is 0 Å². The van der Waals surface area contributed by atoms with Gasteiger partial charge in [-0.25, -0.2) is 9.78 Å². The maximum atomic E-state index is 12.3. The van der Waals surface area contributed by atoms with Crippen LogP contribution in [-0.4, -0.2) is 40.1 Å². The van der Waals surface area contributed by atoms with Crippen LogP contribution in [0.25, 0.3) is 10.6 Å². The lowest BCUT2D eigenvalue weighted by atomic mass is 9.99. The number of aliphatic carboxylic acids is 1. The molecule has 6 nitrogen and oxygen atoms in total. The Morgan fingerprint density at radius 1 is 1.36 bits per heavy atom. The van der Waals surface area contributed by atoms with Crippen LogP contribution in [0.3, 0.4) is 0 Å². The highest BCUT2D eigenvalue weighted by atomic mass is 32.1. The van der Waals surface area contributed by atoms with Crippen LogP contribution < -0.4 is 5.32 Å². The smallest absolute Gasteiger partial charge is 0.317 e. The molecule has 0 radical (unpaired) electrons. The van der Waals surface area contributed by atoms with Gasteiger partial charge in [-0.05, 0) is 19.8 Å². The summed E-state index contributed by atoms with van der Waals surface area (Å²) in [4.78, 5) is 30.6. The normalized spacial score (nSPS) is 17.3. The topological polar surface area (TPSA) is 82.5 Å². The van der Waals surface area contributed by atoms with Crippen molar-refractivity contribution in [2.75, 3.05) is 13.1 Å². The summed E-state index contributed by atoms with van der Waals surface area (Å²) in [5, 5.41) is 13.0. The van der Waals surface area contributed by atoms with E-state index in [9.17, 15) is 9.59 Å². The van der Waals surface area contributed by atoms with Crippen molar-refractivity contribution in [3.05, 3.63) is 40.9 Å². The molecule has 1 aliphatic rings. The predicted molar refractivity (Wildman–Crippen MR) is 96.5 cm³/mol. The van der Waals surface area contributed by atoms with E-state index in [1.165, 1.54) is 0 Å². The number of nitrogens with one attached hydrogen (secondary N) is 1. The monoisotopic (exact) mass is 359 g/mol. The molecule has 1 fully saturated rings. The number of thiazole rings is 1. The number of carboxylic acid groups (broad SMARTS) is 1. The molecular weight excluding hydrogens is 338 g/mol. The van der Waals surface area contributed by atoms with Crippen LogP contribution in [0.2, 0.25) is 0 Å². The molecule has 25 heavy (non-hydrogen) atoms. The number of carboxylic acids is 1. The first-order chi connectivity index (χ1) is 12.0. The van der Waals surface area contributed by atoms with Gasteiger partial charge in [-0.3, -0.25) is 4.79 Å². The van der Waals surface area contributed by atoms with Gasteiger partial charge >= 0.3 is 12.0 Å². The van der Waals surface area contributed by atoms with Gasteiger partial charge in [-0.2, -0.15) is 0 Å². The number of likely N-dealkylation sites (tertiary alicyclic amines) is 1. The standard InChI is InChI=1S/C18H21N3O3S/c1-12-15(25-16(20-12)13-6-3-2-4-7-13)10-19-18(24)21-9-5-8-14(11-21)17(22)23/h2-4,6-7,14H,5,8-11H2,1H3,(H,19,24)(H,22,23). The Bertz CT molecular complexity index is 760. The number of hydrogen-bond donors (Lipinski definition) is 2. The number of aryl methyl sites for hydroxylation is 1. The van der Waals surface area contributed by atoms with Crippen LogP contribution in [0.1, 0.15) is 23.4 Å². The van der Waals surface area contributed by atoms with Crippen LogP contribution in [0.15, 0.2) is 30.3 Å². The first-order valence-corrected chi connectivity index (χ1v) is 9.13. The Morgan fingerprint density at radius 3 is 2.84 bits per heavy atom. The Hall–Kier alpha value is -2.41. The number of urea groups is 1. The van der Waals surface area contributed by atoms with Crippen molar-refractivity contribution in [2.45, 2.75) is 26.3 Å². The number of aromatic nitrogens is 1. The van der Waals surface area contributed by atoms with Crippen LogP contribution in [0.4, 0.5) is 4.79 Å². The molecule has 1 atom stereocenters. The third-order valence-electron chi connectivity index (χ3n) is 4.37. The van der Waals surface area contributed by atoms with Gasteiger partial charge in [0, 0.05) is 23.5 Å². The molecule has 1 aliphatic heterocycles. The van der Waals surface area contributed by atoms with E-state index in [1.54, 1.807) is 16.2 Å². The number of rotatable bonds is 4. The van der Waals surface area contributed by atoms with E-state index in [2.05, 4.69) is 10.3 Å². The lowest BCUT2D eigenvalue weighted by Gasteiger charge is -2.30. The van der Waals surface area contributed by atoms with E-state index in [0.29, 0.717) is 19.5 Å². The number of nitrogens with zero attached hydrogens (tertiary/aromatic N) is 2. The van der Waals surface area contributed by atoms with Crippen molar-refractivity contribution in [2.24, 2.45) is 5.92 Å². The van der Waals surface area contributed by atoms with E-state index < -0.39 is 11.9 Å². The molecule has 1 aromatic carbocycles. The largest absolute Gasteiger partial charge is 0.481 e. The SMILES string of the molecule is Cc1nc(-c2ccccc2)sc1CNC(=O)N1CCCC(C(=O)O)C1. The van der Waals surface area contributed by atoms with E-state index in [4.69, 9.17) is 5.11 Å². The molecule has 0 aliphatic carbocycles. The molecular formula is C18H21N3O3S. The molecule has 0 saturated carbocycles. The number of carbonyl (C=O) groups excluding carboxylic acids is 1. The van der Waals surface area contributed by atoms with Gasteiger partial charge in [-0.1, -0.05) is 30.3 Å². The van der Waals surface area contributed by atoms with Gasteiger partial charge in [0.2, 0.25) is 0 Å². The Morgan fingerprint density at radius 2 is 2.12 bits per heavy atom. The highest BCUT2D eigenvalue weighted by Crippen LogP contribution is 2.27. The van der Waals surface area contributed by atoms with Crippen LogP contribution >= 0.6 is 11.3 Å². The molecule has 2 aromatic rings. The van der Waals surface area contributed by atoms with Gasteiger partial charge in [0.25, 0.3) is 0 Å². The number of piperidine rings is 1. The van der Waals surface area contributed by atoms with Crippen molar-refractivity contribution in [1.82, 2.24) is 15.2 Å². The summed E-state index contributed by atoms with van der Waals surface area (Å²) in [6, 6.07) is 9.74. The molecule has 3 rings (SSSR count). The second-order valence-corrected chi connectivity index (χ2v) is 7.26. The summed E-state index contributed by atoms with van der Waals surface area (Å²) < 4.78 is 0. The third-order valence-corrected chi connectivity index (χ3v) is 5.58. The van der Waals surface area contributed by atoms with Crippen molar-refractivity contribution < 1.29 is 14.7 Å². The lowest BCUT2D eigenvalue weighted by Crippen LogP contribution is -2.46. The molecule has 2 heterocycles. The highest BCUT2D eigenvalue weighted by Gasteiger charge is 2.28. The average Bonchev–Trinajstić information content (AvgIpc) is 3.01. The predicted octanol–water partition coefficient (Wildman–Crippen LogP) is 3.12. The Balaban J connectivity index is 1.61. The van der Waals surface area contributed by atoms with Crippen molar-refractivity contribution in [1.29, 1.82) is 0 Å². The zero-order chi connectivity index (χ0) is 17.8. The summed E-state index contributed by atoms with van der Waals surface area (Å²) in [6.45, 7) is 3.22. The summed E-state index contributed by atoms with van der Waals surface area (Å²) in [7, 11) is 0. The number of amides is 2. The van der Waals surface area contributed by atoms with Gasteiger partial charge in [-0.15, -0.1) is 11.3 Å². The van der Waals surface area contributed by atoms with E-state index in [1.807, 2.05) is 37.3 Å². The minimum absolute atomic E-state index is 0.208. The lowest BCUT2D eigenvalue weighted by molar-refractivity contribution is -0.143. The second-order valence-electron chi connectivity index (χ2n) is 6.18. The van der Waals surface area contributed by atoms with Crippen LogP contribution in [0.5, 0.6) is 0 Å². The van der Waals surface area contributed by atoms with E-state index in [0.717, 1.165) is 27.6 Å². The van der Waals surface area contributed by atoms with Crippen LogP contribution in [0, 0.1) is 12.8 Å². The van der Waals surface area contributed by atoms with Crippen molar-refractivity contribution in [3.63, 3.8) is 0 Å². The zero-order valence-electron chi connectivity index (χ0n) is 14.1. The van der Waals surface area contributed by atoms with Gasteiger partial charge in [0.15, 0.2) is 0 Å². The second kappa shape index (κ2) is 7.65. The fourth-order valence-electron chi connectivity index (χ4n) is 2.93.